The Labute approximate surface area is 101 Å². The van der Waals surface area contributed by atoms with Crippen LogP contribution in [0.2, 0.25) is 0 Å². The predicted octanol–water partition coefficient (Wildman–Crippen LogP) is 3.22. The number of unbranched alkanes of at least 4 members (excludes halogenated alkanes) is 1. The number of ether oxygens (including phenoxy) is 1. The van der Waals surface area contributed by atoms with E-state index in [2.05, 4.69) is 26.1 Å². The van der Waals surface area contributed by atoms with Gasteiger partial charge in [0.2, 0.25) is 0 Å². The van der Waals surface area contributed by atoms with Crippen LogP contribution >= 0.6 is 0 Å². The first-order valence-electron chi connectivity index (χ1n) is 7.14. The first-order chi connectivity index (χ1) is 7.83. The van der Waals surface area contributed by atoms with E-state index in [4.69, 9.17) is 4.74 Å². The zero-order valence-electron chi connectivity index (χ0n) is 11.3. The van der Waals surface area contributed by atoms with E-state index in [1.54, 1.807) is 0 Å². The van der Waals surface area contributed by atoms with Crippen LogP contribution in [0.25, 0.3) is 0 Å². The molecule has 1 saturated heterocycles. The standard InChI is InChI=1S/C14H29NO/c1-4-7-8-12(5-2)14(15-6-3)13-9-10-16-11-13/h12-15H,4-11H2,1-3H3. The Bertz CT molecular complexity index is 166. The van der Waals surface area contributed by atoms with Crippen LogP contribution in [0.15, 0.2) is 0 Å². The van der Waals surface area contributed by atoms with Crippen molar-refractivity contribution < 1.29 is 4.74 Å². The highest BCUT2D eigenvalue weighted by atomic mass is 16.5. The fourth-order valence-electron chi connectivity index (χ4n) is 2.89. The van der Waals surface area contributed by atoms with Crippen molar-refractivity contribution in [1.29, 1.82) is 0 Å². The molecule has 0 aliphatic carbocycles. The molecule has 3 unspecified atom stereocenters. The minimum atomic E-state index is 0.684. The lowest BCUT2D eigenvalue weighted by atomic mass is 9.83. The van der Waals surface area contributed by atoms with Crippen molar-refractivity contribution in [2.45, 2.75) is 58.9 Å². The van der Waals surface area contributed by atoms with Gasteiger partial charge < -0.3 is 10.1 Å². The Balaban J connectivity index is 2.50. The van der Waals surface area contributed by atoms with Crippen molar-refractivity contribution >= 4 is 0 Å². The van der Waals surface area contributed by atoms with Gasteiger partial charge >= 0.3 is 0 Å². The van der Waals surface area contributed by atoms with E-state index in [0.717, 1.165) is 31.6 Å². The van der Waals surface area contributed by atoms with Gasteiger partial charge in [-0.1, -0.05) is 40.0 Å². The summed E-state index contributed by atoms with van der Waals surface area (Å²) in [5, 5.41) is 3.70. The molecule has 3 atom stereocenters. The van der Waals surface area contributed by atoms with Crippen molar-refractivity contribution in [3.63, 3.8) is 0 Å². The van der Waals surface area contributed by atoms with Crippen LogP contribution in [0.1, 0.15) is 52.9 Å². The van der Waals surface area contributed by atoms with E-state index >= 15 is 0 Å². The zero-order valence-corrected chi connectivity index (χ0v) is 11.3. The second kappa shape index (κ2) is 8.08. The Morgan fingerprint density at radius 3 is 2.62 bits per heavy atom. The molecule has 0 radical (unpaired) electrons. The average molecular weight is 227 g/mol. The summed E-state index contributed by atoms with van der Waals surface area (Å²) < 4.78 is 5.54. The lowest BCUT2D eigenvalue weighted by Gasteiger charge is -2.31. The Morgan fingerprint density at radius 2 is 2.12 bits per heavy atom. The average Bonchev–Trinajstić information content (AvgIpc) is 2.82. The third-order valence-electron chi connectivity index (χ3n) is 3.87. The molecule has 0 bridgehead atoms. The van der Waals surface area contributed by atoms with E-state index in [1.165, 1.54) is 32.1 Å². The van der Waals surface area contributed by atoms with Crippen LogP contribution in [0.3, 0.4) is 0 Å². The minimum Gasteiger partial charge on any atom is -0.381 e. The summed E-state index contributed by atoms with van der Waals surface area (Å²) >= 11 is 0. The summed E-state index contributed by atoms with van der Waals surface area (Å²) in [7, 11) is 0. The van der Waals surface area contributed by atoms with Crippen LogP contribution < -0.4 is 5.32 Å². The van der Waals surface area contributed by atoms with Crippen LogP contribution in [0, 0.1) is 11.8 Å². The number of nitrogens with one attached hydrogen (secondary N) is 1. The maximum atomic E-state index is 5.54. The molecule has 96 valence electrons. The van der Waals surface area contributed by atoms with E-state index in [9.17, 15) is 0 Å². The first-order valence-corrected chi connectivity index (χ1v) is 7.14. The molecule has 2 heteroatoms. The summed E-state index contributed by atoms with van der Waals surface area (Å²) in [6.07, 6.45) is 6.61. The van der Waals surface area contributed by atoms with Gasteiger partial charge in [0.15, 0.2) is 0 Å². The smallest absolute Gasteiger partial charge is 0.0510 e. The van der Waals surface area contributed by atoms with Gasteiger partial charge in [-0.15, -0.1) is 0 Å². The van der Waals surface area contributed by atoms with Crippen molar-refractivity contribution in [2.75, 3.05) is 19.8 Å². The van der Waals surface area contributed by atoms with Gasteiger partial charge in [-0.2, -0.15) is 0 Å². The van der Waals surface area contributed by atoms with E-state index in [0.29, 0.717) is 6.04 Å². The van der Waals surface area contributed by atoms with Crippen LogP contribution in [0.5, 0.6) is 0 Å². The lowest BCUT2D eigenvalue weighted by Crippen LogP contribution is -2.42. The molecule has 0 aromatic heterocycles. The molecule has 1 heterocycles. The fourth-order valence-corrected chi connectivity index (χ4v) is 2.89. The van der Waals surface area contributed by atoms with Crippen molar-refractivity contribution in [3.05, 3.63) is 0 Å². The highest BCUT2D eigenvalue weighted by Gasteiger charge is 2.30. The molecule has 16 heavy (non-hydrogen) atoms. The Kier molecular flexibility index (Phi) is 7.06. The second-order valence-corrected chi connectivity index (χ2v) is 5.02. The molecular weight excluding hydrogens is 198 g/mol. The third-order valence-corrected chi connectivity index (χ3v) is 3.87. The Hall–Kier alpha value is -0.0800. The molecule has 0 aromatic carbocycles. The normalized spacial score (nSPS) is 24.6. The maximum absolute atomic E-state index is 5.54. The molecule has 2 nitrogen and oxygen atoms in total. The monoisotopic (exact) mass is 227 g/mol. The van der Waals surface area contributed by atoms with E-state index in [1.807, 2.05) is 0 Å². The van der Waals surface area contributed by atoms with Crippen molar-refractivity contribution in [3.8, 4) is 0 Å². The number of hydrogen-bond donors (Lipinski definition) is 1. The van der Waals surface area contributed by atoms with Gasteiger partial charge in [-0.3, -0.25) is 0 Å². The quantitative estimate of drug-likeness (QED) is 0.687. The molecule has 0 saturated carbocycles. The third kappa shape index (κ3) is 4.06. The number of rotatable bonds is 8. The SMILES string of the molecule is CCCCC(CC)C(NCC)C1CCOC1. The van der Waals surface area contributed by atoms with Gasteiger partial charge in [0.25, 0.3) is 0 Å². The van der Waals surface area contributed by atoms with Gasteiger partial charge in [-0.25, -0.2) is 0 Å². The van der Waals surface area contributed by atoms with Gasteiger partial charge in [0, 0.05) is 18.6 Å². The molecule has 0 amide bonds. The topological polar surface area (TPSA) is 21.3 Å². The van der Waals surface area contributed by atoms with Gasteiger partial charge in [-0.05, 0) is 25.3 Å². The summed E-state index contributed by atoms with van der Waals surface area (Å²) in [5.41, 5.74) is 0. The lowest BCUT2D eigenvalue weighted by molar-refractivity contribution is 0.161. The fraction of sp³-hybridized carbons (Fsp3) is 1.00. The second-order valence-electron chi connectivity index (χ2n) is 5.02. The summed E-state index contributed by atoms with van der Waals surface area (Å²) in [6.45, 7) is 9.87. The summed E-state index contributed by atoms with van der Waals surface area (Å²) in [5.74, 6) is 1.59. The molecule has 1 N–H and O–H groups in total. The number of hydrogen-bond acceptors (Lipinski definition) is 2. The van der Waals surface area contributed by atoms with Crippen LogP contribution in [-0.2, 0) is 4.74 Å². The zero-order chi connectivity index (χ0) is 11.8. The van der Waals surface area contributed by atoms with Crippen molar-refractivity contribution in [1.82, 2.24) is 5.32 Å². The minimum absolute atomic E-state index is 0.684. The maximum Gasteiger partial charge on any atom is 0.0510 e. The molecule has 1 aliphatic rings. The molecule has 1 fully saturated rings. The summed E-state index contributed by atoms with van der Waals surface area (Å²) in [6, 6.07) is 0.684. The molecular formula is C14H29NO. The predicted molar refractivity (Wildman–Crippen MR) is 69.7 cm³/mol. The highest BCUT2D eigenvalue weighted by Crippen LogP contribution is 2.27. The van der Waals surface area contributed by atoms with Gasteiger partial charge in [0.05, 0.1) is 6.61 Å². The molecule has 1 rings (SSSR count). The van der Waals surface area contributed by atoms with Crippen LogP contribution in [-0.4, -0.2) is 25.8 Å². The molecule has 0 spiro atoms. The highest BCUT2D eigenvalue weighted by molar-refractivity contribution is 4.84. The molecule has 1 aliphatic heterocycles. The Morgan fingerprint density at radius 1 is 1.31 bits per heavy atom. The van der Waals surface area contributed by atoms with E-state index < -0.39 is 0 Å². The van der Waals surface area contributed by atoms with Crippen LogP contribution in [0.4, 0.5) is 0 Å². The van der Waals surface area contributed by atoms with Gasteiger partial charge in [0.1, 0.15) is 0 Å². The summed E-state index contributed by atoms with van der Waals surface area (Å²) in [4.78, 5) is 0. The van der Waals surface area contributed by atoms with E-state index in [-0.39, 0.29) is 0 Å². The van der Waals surface area contributed by atoms with Crippen molar-refractivity contribution in [2.24, 2.45) is 11.8 Å². The molecule has 0 aromatic rings. The largest absolute Gasteiger partial charge is 0.381 e. The first kappa shape index (κ1) is 14.0.